The third kappa shape index (κ3) is 8.21. The molecule has 2 aromatic rings. The van der Waals surface area contributed by atoms with Gasteiger partial charge in [-0.05, 0) is 42.7 Å². The van der Waals surface area contributed by atoms with Crippen LogP contribution in [0.1, 0.15) is 37.8 Å². The number of hydrogen-bond acceptors (Lipinski definition) is 4. The zero-order valence-corrected chi connectivity index (χ0v) is 17.2. The Morgan fingerprint density at radius 2 is 1.69 bits per heavy atom. The molecule has 0 bridgehead atoms. The number of amides is 1. The van der Waals surface area contributed by atoms with Crippen molar-refractivity contribution in [2.24, 2.45) is 0 Å². The lowest BCUT2D eigenvalue weighted by molar-refractivity contribution is -0.143. The summed E-state index contributed by atoms with van der Waals surface area (Å²) in [4.78, 5) is 25.7. The molecule has 154 valence electrons. The van der Waals surface area contributed by atoms with Gasteiger partial charge in [0.05, 0.1) is 13.0 Å². The molecule has 0 heterocycles. The van der Waals surface area contributed by atoms with Gasteiger partial charge < -0.3 is 14.4 Å². The number of nitrogens with zero attached hydrogens (tertiary/aromatic N) is 1. The van der Waals surface area contributed by atoms with E-state index < -0.39 is 0 Å². The first-order valence-corrected chi connectivity index (χ1v) is 10.0. The van der Waals surface area contributed by atoms with Crippen LogP contribution in [0, 0.1) is 0 Å². The van der Waals surface area contributed by atoms with Crippen molar-refractivity contribution in [3.63, 3.8) is 0 Å². The first-order valence-electron chi connectivity index (χ1n) is 10.0. The molecule has 0 aliphatic heterocycles. The van der Waals surface area contributed by atoms with Crippen molar-refractivity contribution in [2.45, 2.75) is 33.3 Å². The topological polar surface area (TPSA) is 55.8 Å². The van der Waals surface area contributed by atoms with E-state index in [0.717, 1.165) is 23.3 Å². The van der Waals surface area contributed by atoms with Gasteiger partial charge in [0.15, 0.2) is 0 Å². The zero-order valence-electron chi connectivity index (χ0n) is 17.2. The van der Waals surface area contributed by atoms with Gasteiger partial charge >= 0.3 is 5.97 Å². The SMILES string of the molecule is CCCN(CCC(=O)OCC)C(=O)/C=C/c1ccc(OCc2ccccc2)cc1. The molecule has 1 amide bonds. The first-order chi connectivity index (χ1) is 14.1. The monoisotopic (exact) mass is 395 g/mol. The van der Waals surface area contributed by atoms with Crippen LogP contribution in [-0.2, 0) is 20.9 Å². The van der Waals surface area contributed by atoms with E-state index in [9.17, 15) is 9.59 Å². The molecule has 5 nitrogen and oxygen atoms in total. The minimum atomic E-state index is -0.281. The summed E-state index contributed by atoms with van der Waals surface area (Å²) in [5, 5.41) is 0. The standard InChI is InChI=1S/C24H29NO4/c1-3-17-25(18-16-24(27)28-4-2)23(26)15-12-20-10-13-22(14-11-20)29-19-21-8-6-5-7-9-21/h5-15H,3-4,16-19H2,1-2H3/b15-12+. The molecule has 2 aromatic carbocycles. The quantitative estimate of drug-likeness (QED) is 0.416. The van der Waals surface area contributed by atoms with Crippen LogP contribution in [-0.4, -0.2) is 36.5 Å². The highest BCUT2D eigenvalue weighted by molar-refractivity contribution is 5.92. The fraction of sp³-hybridized carbons (Fsp3) is 0.333. The predicted molar refractivity (Wildman–Crippen MR) is 114 cm³/mol. The van der Waals surface area contributed by atoms with Crippen LogP contribution < -0.4 is 4.74 Å². The number of ether oxygens (including phenoxy) is 2. The average molecular weight is 395 g/mol. The van der Waals surface area contributed by atoms with Crippen molar-refractivity contribution in [1.29, 1.82) is 0 Å². The molecule has 0 unspecified atom stereocenters. The zero-order chi connectivity index (χ0) is 20.9. The van der Waals surface area contributed by atoms with Gasteiger partial charge in [0, 0.05) is 19.2 Å². The fourth-order valence-electron chi connectivity index (χ4n) is 2.75. The molecule has 0 atom stereocenters. The van der Waals surface area contributed by atoms with Crippen molar-refractivity contribution in [1.82, 2.24) is 4.90 Å². The molecule has 29 heavy (non-hydrogen) atoms. The van der Waals surface area contributed by atoms with Crippen molar-refractivity contribution in [3.05, 3.63) is 71.8 Å². The molecule has 0 N–H and O–H groups in total. The normalized spacial score (nSPS) is 10.7. The highest BCUT2D eigenvalue weighted by Gasteiger charge is 2.12. The second kappa shape index (κ2) is 12.4. The molecule has 0 saturated carbocycles. The van der Waals surface area contributed by atoms with Gasteiger partial charge in [-0.15, -0.1) is 0 Å². The van der Waals surface area contributed by atoms with E-state index in [1.54, 1.807) is 24.0 Å². The van der Waals surface area contributed by atoms with Crippen LogP contribution in [0.3, 0.4) is 0 Å². The Labute approximate surface area is 172 Å². The third-order valence-electron chi connectivity index (χ3n) is 4.24. The summed E-state index contributed by atoms with van der Waals surface area (Å²) in [6.07, 6.45) is 4.35. The lowest BCUT2D eigenvalue weighted by Crippen LogP contribution is -2.32. The summed E-state index contributed by atoms with van der Waals surface area (Å²) >= 11 is 0. The van der Waals surface area contributed by atoms with Gasteiger partial charge in [-0.25, -0.2) is 0 Å². The number of hydrogen-bond donors (Lipinski definition) is 0. The van der Waals surface area contributed by atoms with Crippen molar-refractivity contribution < 1.29 is 19.1 Å². The van der Waals surface area contributed by atoms with Crippen LogP contribution in [0.5, 0.6) is 5.75 Å². The molecular formula is C24H29NO4. The summed E-state index contributed by atoms with van der Waals surface area (Å²) in [5.74, 6) is 0.386. The Morgan fingerprint density at radius 1 is 0.966 bits per heavy atom. The van der Waals surface area contributed by atoms with E-state index in [1.165, 1.54) is 0 Å². The van der Waals surface area contributed by atoms with Crippen LogP contribution in [0.2, 0.25) is 0 Å². The summed E-state index contributed by atoms with van der Waals surface area (Å²) in [6.45, 7) is 5.61. The Morgan fingerprint density at radius 3 is 2.34 bits per heavy atom. The number of carbonyl (C=O) groups is 2. The second-order valence-corrected chi connectivity index (χ2v) is 6.56. The van der Waals surface area contributed by atoms with Gasteiger partial charge in [0.25, 0.3) is 0 Å². The van der Waals surface area contributed by atoms with Crippen molar-refractivity contribution in [2.75, 3.05) is 19.7 Å². The largest absolute Gasteiger partial charge is 0.489 e. The molecular weight excluding hydrogens is 366 g/mol. The Kier molecular flexibility index (Phi) is 9.49. The number of rotatable bonds is 11. The number of esters is 1. The van der Waals surface area contributed by atoms with Crippen molar-refractivity contribution in [3.8, 4) is 5.75 Å². The highest BCUT2D eigenvalue weighted by atomic mass is 16.5. The van der Waals surface area contributed by atoms with Gasteiger partial charge in [0.2, 0.25) is 5.91 Å². The summed E-state index contributed by atoms with van der Waals surface area (Å²) in [6, 6.07) is 17.6. The van der Waals surface area contributed by atoms with Crippen LogP contribution in [0.25, 0.3) is 6.08 Å². The Hall–Kier alpha value is -3.08. The maximum Gasteiger partial charge on any atom is 0.307 e. The van der Waals surface area contributed by atoms with Crippen LogP contribution in [0.15, 0.2) is 60.7 Å². The van der Waals surface area contributed by atoms with Crippen molar-refractivity contribution >= 4 is 18.0 Å². The average Bonchev–Trinajstić information content (AvgIpc) is 2.75. The molecule has 0 saturated heterocycles. The maximum absolute atomic E-state index is 12.5. The van der Waals surface area contributed by atoms with E-state index >= 15 is 0 Å². The van der Waals surface area contributed by atoms with Crippen LogP contribution >= 0.6 is 0 Å². The predicted octanol–water partition coefficient (Wildman–Crippen LogP) is 4.47. The molecule has 0 aromatic heterocycles. The van der Waals surface area contributed by atoms with Crippen LogP contribution in [0.4, 0.5) is 0 Å². The first kappa shape index (κ1) is 22.2. The number of carbonyl (C=O) groups excluding carboxylic acids is 2. The summed E-state index contributed by atoms with van der Waals surface area (Å²) in [5.41, 5.74) is 2.02. The summed E-state index contributed by atoms with van der Waals surface area (Å²) in [7, 11) is 0. The van der Waals surface area contributed by atoms with E-state index in [-0.39, 0.29) is 18.3 Å². The molecule has 0 radical (unpaired) electrons. The van der Waals surface area contributed by atoms with E-state index in [2.05, 4.69) is 0 Å². The fourth-order valence-corrected chi connectivity index (χ4v) is 2.75. The lowest BCUT2D eigenvalue weighted by Gasteiger charge is -2.20. The van der Waals surface area contributed by atoms with Gasteiger partial charge in [-0.1, -0.05) is 49.4 Å². The van der Waals surface area contributed by atoms with Gasteiger partial charge in [-0.3, -0.25) is 9.59 Å². The molecule has 5 heteroatoms. The summed E-state index contributed by atoms with van der Waals surface area (Å²) < 4.78 is 10.7. The van der Waals surface area contributed by atoms with E-state index in [4.69, 9.17) is 9.47 Å². The molecule has 0 spiro atoms. The van der Waals surface area contributed by atoms with E-state index in [0.29, 0.717) is 26.3 Å². The number of benzene rings is 2. The smallest absolute Gasteiger partial charge is 0.307 e. The minimum Gasteiger partial charge on any atom is -0.489 e. The molecule has 2 rings (SSSR count). The minimum absolute atomic E-state index is 0.111. The molecule has 0 fully saturated rings. The van der Waals surface area contributed by atoms with Gasteiger partial charge in [-0.2, -0.15) is 0 Å². The Bertz CT molecular complexity index is 784. The third-order valence-corrected chi connectivity index (χ3v) is 4.24. The molecule has 0 aliphatic rings. The lowest BCUT2D eigenvalue weighted by atomic mass is 10.2. The van der Waals surface area contributed by atoms with E-state index in [1.807, 2.05) is 61.5 Å². The second-order valence-electron chi connectivity index (χ2n) is 6.56. The highest BCUT2D eigenvalue weighted by Crippen LogP contribution is 2.15. The van der Waals surface area contributed by atoms with Gasteiger partial charge in [0.1, 0.15) is 12.4 Å². The Balaban J connectivity index is 1.87. The molecule has 0 aliphatic carbocycles. The maximum atomic E-state index is 12.5.